The molecule has 3 N–H and O–H groups in total. The second-order valence-electron chi connectivity index (χ2n) is 3.81. The Kier molecular flexibility index (Phi) is 4.87. The highest BCUT2D eigenvalue weighted by Gasteiger charge is 2.13. The van der Waals surface area contributed by atoms with Crippen molar-refractivity contribution in [2.75, 3.05) is 18.0 Å². The summed E-state index contributed by atoms with van der Waals surface area (Å²) in [5.74, 6) is -3.20. The summed E-state index contributed by atoms with van der Waals surface area (Å²) in [6.45, 7) is -0.312. The van der Waals surface area contributed by atoms with Gasteiger partial charge in [-0.2, -0.15) is 0 Å². The Morgan fingerprint density at radius 1 is 0.947 bits per heavy atom. The van der Waals surface area contributed by atoms with E-state index < -0.39 is 17.9 Å². The number of rotatable bonds is 7. The first kappa shape index (κ1) is 14.5. The Bertz CT molecular complexity index is 481. The highest BCUT2D eigenvalue weighted by atomic mass is 16.4. The second kappa shape index (κ2) is 6.39. The molecule has 0 saturated carbocycles. The van der Waals surface area contributed by atoms with Gasteiger partial charge in [-0.1, -0.05) is 0 Å². The minimum absolute atomic E-state index is 0.0358. The number of carbonyl (C=O) groups is 3. The summed E-state index contributed by atoms with van der Waals surface area (Å²) in [5, 5.41) is 26.1. The highest BCUT2D eigenvalue weighted by Crippen LogP contribution is 2.15. The summed E-state index contributed by atoms with van der Waals surface area (Å²) in [6, 6.07) is 5.59. The van der Waals surface area contributed by atoms with E-state index in [1.54, 1.807) is 0 Å². The SMILES string of the molecule is O=C(O)CCN(CC(=O)O)c1ccc(C(=O)O)cc1. The van der Waals surface area contributed by atoms with Gasteiger partial charge in [0.15, 0.2) is 0 Å². The van der Waals surface area contributed by atoms with Crippen molar-refractivity contribution >= 4 is 23.6 Å². The van der Waals surface area contributed by atoms with E-state index in [4.69, 9.17) is 15.3 Å². The number of nitrogens with zero attached hydrogens (tertiary/aromatic N) is 1. The number of aliphatic carboxylic acids is 2. The van der Waals surface area contributed by atoms with Crippen molar-refractivity contribution in [2.45, 2.75) is 6.42 Å². The maximum atomic E-state index is 10.7. The van der Waals surface area contributed by atoms with E-state index in [-0.39, 0.29) is 25.1 Å². The van der Waals surface area contributed by atoms with Gasteiger partial charge in [0.1, 0.15) is 6.54 Å². The molecule has 0 bridgehead atoms. The first-order chi connectivity index (χ1) is 8.90. The van der Waals surface area contributed by atoms with Crippen LogP contribution >= 0.6 is 0 Å². The zero-order valence-corrected chi connectivity index (χ0v) is 9.94. The Morgan fingerprint density at radius 3 is 1.95 bits per heavy atom. The number of hydrogen-bond donors (Lipinski definition) is 3. The normalized spacial score (nSPS) is 9.89. The Labute approximate surface area is 108 Å². The molecule has 102 valence electrons. The van der Waals surface area contributed by atoms with Crippen molar-refractivity contribution in [3.05, 3.63) is 29.8 Å². The lowest BCUT2D eigenvalue weighted by Gasteiger charge is -2.22. The summed E-state index contributed by atoms with van der Waals surface area (Å²) >= 11 is 0. The number of aromatic carboxylic acids is 1. The molecule has 0 aliphatic carbocycles. The molecule has 0 unspecified atom stereocenters. The molecule has 19 heavy (non-hydrogen) atoms. The smallest absolute Gasteiger partial charge is 0.335 e. The molecule has 0 atom stereocenters. The summed E-state index contributed by atoms with van der Waals surface area (Å²) in [7, 11) is 0. The minimum atomic E-state index is -1.09. The Balaban J connectivity index is 2.86. The number of carboxylic acid groups (broad SMARTS) is 3. The molecule has 7 nitrogen and oxygen atoms in total. The van der Waals surface area contributed by atoms with E-state index in [1.807, 2.05) is 0 Å². The lowest BCUT2D eigenvalue weighted by Crippen LogP contribution is -2.31. The van der Waals surface area contributed by atoms with Crippen LogP contribution in [0.25, 0.3) is 0 Å². The molecule has 7 heteroatoms. The van der Waals surface area contributed by atoms with Crippen molar-refractivity contribution in [2.24, 2.45) is 0 Å². The van der Waals surface area contributed by atoms with Gasteiger partial charge in [0.25, 0.3) is 0 Å². The minimum Gasteiger partial charge on any atom is -0.481 e. The third kappa shape index (κ3) is 4.66. The lowest BCUT2D eigenvalue weighted by atomic mass is 10.2. The van der Waals surface area contributed by atoms with Crippen LogP contribution in [0.3, 0.4) is 0 Å². The molecule has 0 saturated heterocycles. The van der Waals surface area contributed by atoms with Gasteiger partial charge in [0.2, 0.25) is 0 Å². The fourth-order valence-electron chi connectivity index (χ4n) is 1.51. The molecule has 0 amide bonds. The summed E-state index contributed by atoms with van der Waals surface area (Å²) in [4.78, 5) is 33.3. The Morgan fingerprint density at radius 2 is 1.53 bits per heavy atom. The lowest BCUT2D eigenvalue weighted by molar-refractivity contribution is -0.138. The quantitative estimate of drug-likeness (QED) is 0.667. The van der Waals surface area contributed by atoms with E-state index in [2.05, 4.69) is 0 Å². The molecular formula is C12H13NO6. The predicted molar refractivity (Wildman–Crippen MR) is 65.5 cm³/mol. The van der Waals surface area contributed by atoms with Gasteiger partial charge in [-0.15, -0.1) is 0 Å². The van der Waals surface area contributed by atoms with Crippen LogP contribution in [-0.2, 0) is 9.59 Å². The number of benzene rings is 1. The van der Waals surface area contributed by atoms with Gasteiger partial charge in [0.05, 0.1) is 12.0 Å². The zero-order valence-electron chi connectivity index (χ0n) is 9.94. The molecule has 0 aliphatic heterocycles. The monoisotopic (exact) mass is 267 g/mol. The van der Waals surface area contributed by atoms with Crippen LogP contribution in [0.4, 0.5) is 5.69 Å². The summed E-state index contributed by atoms with van der Waals surface area (Å²) in [5.41, 5.74) is 0.547. The van der Waals surface area contributed by atoms with Gasteiger partial charge < -0.3 is 20.2 Å². The molecule has 0 heterocycles. The van der Waals surface area contributed by atoms with E-state index in [0.717, 1.165) is 0 Å². The molecule has 1 rings (SSSR count). The fraction of sp³-hybridized carbons (Fsp3) is 0.250. The van der Waals surface area contributed by atoms with Crippen molar-refractivity contribution in [1.82, 2.24) is 0 Å². The van der Waals surface area contributed by atoms with Gasteiger partial charge in [0, 0.05) is 12.2 Å². The number of hydrogen-bond acceptors (Lipinski definition) is 4. The molecule has 1 aromatic carbocycles. The summed E-state index contributed by atoms with van der Waals surface area (Å²) < 4.78 is 0. The van der Waals surface area contributed by atoms with E-state index in [9.17, 15) is 14.4 Å². The molecule has 0 fully saturated rings. The van der Waals surface area contributed by atoms with Crippen LogP contribution in [0.2, 0.25) is 0 Å². The van der Waals surface area contributed by atoms with Crippen LogP contribution in [0.5, 0.6) is 0 Å². The van der Waals surface area contributed by atoms with Crippen LogP contribution in [0, 0.1) is 0 Å². The maximum absolute atomic E-state index is 10.7. The van der Waals surface area contributed by atoms with Crippen LogP contribution in [0.1, 0.15) is 16.8 Å². The average molecular weight is 267 g/mol. The van der Waals surface area contributed by atoms with Crippen molar-refractivity contribution in [3.63, 3.8) is 0 Å². The molecular weight excluding hydrogens is 254 g/mol. The molecule has 0 spiro atoms. The number of carboxylic acids is 3. The van der Waals surface area contributed by atoms with Crippen molar-refractivity contribution in [1.29, 1.82) is 0 Å². The molecule has 1 aromatic rings. The Hall–Kier alpha value is -2.57. The van der Waals surface area contributed by atoms with E-state index in [1.165, 1.54) is 29.2 Å². The second-order valence-corrected chi connectivity index (χ2v) is 3.81. The first-order valence-electron chi connectivity index (χ1n) is 5.42. The molecule has 0 radical (unpaired) electrons. The third-order valence-electron chi connectivity index (χ3n) is 2.40. The predicted octanol–water partition coefficient (Wildman–Crippen LogP) is 0.750. The van der Waals surface area contributed by atoms with Crippen LogP contribution in [-0.4, -0.2) is 46.3 Å². The highest BCUT2D eigenvalue weighted by molar-refractivity contribution is 5.88. The molecule has 0 aromatic heterocycles. The zero-order chi connectivity index (χ0) is 14.4. The van der Waals surface area contributed by atoms with Gasteiger partial charge in [-0.05, 0) is 24.3 Å². The van der Waals surface area contributed by atoms with Gasteiger partial charge >= 0.3 is 17.9 Å². The van der Waals surface area contributed by atoms with Crippen molar-refractivity contribution < 1.29 is 29.7 Å². The van der Waals surface area contributed by atoms with Gasteiger partial charge in [-0.3, -0.25) is 9.59 Å². The van der Waals surface area contributed by atoms with Gasteiger partial charge in [-0.25, -0.2) is 4.79 Å². The van der Waals surface area contributed by atoms with Crippen LogP contribution < -0.4 is 4.90 Å². The number of anilines is 1. The largest absolute Gasteiger partial charge is 0.481 e. The van der Waals surface area contributed by atoms with E-state index >= 15 is 0 Å². The van der Waals surface area contributed by atoms with E-state index in [0.29, 0.717) is 5.69 Å². The third-order valence-corrected chi connectivity index (χ3v) is 2.40. The molecule has 0 aliphatic rings. The standard InChI is InChI=1S/C12H13NO6/c14-10(15)5-6-13(7-11(16)17)9-3-1-8(2-4-9)12(18)19/h1-4H,5-7H2,(H,14,15)(H,16,17)(H,18,19). The maximum Gasteiger partial charge on any atom is 0.335 e. The first-order valence-corrected chi connectivity index (χ1v) is 5.42. The summed E-state index contributed by atoms with van der Waals surface area (Å²) in [6.07, 6.45) is -0.200. The van der Waals surface area contributed by atoms with Crippen LogP contribution in [0.15, 0.2) is 24.3 Å². The van der Waals surface area contributed by atoms with Crippen molar-refractivity contribution in [3.8, 4) is 0 Å². The fourth-order valence-corrected chi connectivity index (χ4v) is 1.51. The average Bonchev–Trinajstić information content (AvgIpc) is 2.34. The topological polar surface area (TPSA) is 115 Å².